The normalized spacial score (nSPS) is 5.00. The summed E-state index contributed by atoms with van der Waals surface area (Å²) in [6.45, 7) is 0. The molecule has 0 aromatic heterocycles. The van der Waals surface area contributed by atoms with Crippen molar-refractivity contribution in [2.24, 2.45) is 5.73 Å². The molecule has 0 saturated carbocycles. The topological polar surface area (TPSA) is 43.1 Å². The van der Waals surface area contributed by atoms with Crippen molar-refractivity contribution >= 4 is 18.6 Å². The first kappa shape index (κ1) is 8.83. The minimum atomic E-state index is -1.83. The van der Waals surface area contributed by atoms with Crippen LogP contribution in [0.5, 0.6) is 0 Å². The molecule has 0 bridgehead atoms. The SMILES string of the molecule is Cl.NC(=O)F. The molecule has 0 saturated heterocycles. The Balaban J connectivity index is 0. The maximum absolute atomic E-state index is 10.1. The molecule has 4 heteroatoms. The summed E-state index contributed by atoms with van der Waals surface area (Å²) in [6, 6.07) is 0. The molecule has 0 heterocycles. The van der Waals surface area contributed by atoms with Crippen molar-refractivity contribution in [3.05, 3.63) is 0 Å². The Morgan fingerprint density at radius 1 is 1.80 bits per heavy atom. The summed E-state index contributed by atoms with van der Waals surface area (Å²) >= 11 is 0. The fourth-order valence-corrected chi connectivity index (χ4v) is 0. The third-order valence-electron chi connectivity index (χ3n) is 0. The molecular weight excluding hydrogens is 96.5 g/mol. The Morgan fingerprint density at radius 2 is 1.80 bits per heavy atom. The zero-order chi connectivity index (χ0) is 3.58. The van der Waals surface area contributed by atoms with E-state index in [-0.39, 0.29) is 12.4 Å². The second-order valence-corrected chi connectivity index (χ2v) is 0.304. The fourth-order valence-electron chi connectivity index (χ4n) is 0. The smallest absolute Gasteiger partial charge is 0.341 e. The molecule has 32 valence electrons. The second kappa shape index (κ2) is 3.69. The van der Waals surface area contributed by atoms with Gasteiger partial charge >= 0.3 is 6.16 Å². The van der Waals surface area contributed by atoms with Gasteiger partial charge in [-0.15, -0.1) is 16.8 Å². The average molecular weight is 99.5 g/mol. The van der Waals surface area contributed by atoms with Gasteiger partial charge in [0.05, 0.1) is 0 Å². The highest BCUT2D eigenvalue weighted by molar-refractivity contribution is 5.85. The average Bonchev–Trinajstić information content (AvgIpc) is 0.811. The van der Waals surface area contributed by atoms with Gasteiger partial charge < -0.3 is 5.73 Å². The van der Waals surface area contributed by atoms with Gasteiger partial charge in [0.25, 0.3) is 0 Å². The van der Waals surface area contributed by atoms with Crippen molar-refractivity contribution in [3.63, 3.8) is 0 Å². The predicted molar refractivity (Wildman–Crippen MR) is 17.9 cm³/mol. The maximum atomic E-state index is 10.1. The van der Waals surface area contributed by atoms with E-state index in [2.05, 4.69) is 5.73 Å². The van der Waals surface area contributed by atoms with Crippen molar-refractivity contribution in [1.82, 2.24) is 0 Å². The molecular formula is CH3ClFNO. The van der Waals surface area contributed by atoms with Crippen LogP contribution in [0.2, 0.25) is 0 Å². The molecule has 0 radical (unpaired) electrons. The summed E-state index contributed by atoms with van der Waals surface area (Å²) in [5, 5.41) is 0. The van der Waals surface area contributed by atoms with Gasteiger partial charge in [0.2, 0.25) is 0 Å². The third kappa shape index (κ3) is 110. The zero-order valence-electron chi connectivity index (χ0n) is 2.27. The Kier molecular flexibility index (Phi) is 6.51. The number of halogens is 2. The van der Waals surface area contributed by atoms with Gasteiger partial charge in [0.1, 0.15) is 0 Å². The molecule has 0 aliphatic carbocycles. The summed E-state index contributed by atoms with van der Waals surface area (Å²) in [4.78, 5) is 8.56. The van der Waals surface area contributed by atoms with Crippen LogP contribution in [0.25, 0.3) is 0 Å². The van der Waals surface area contributed by atoms with Gasteiger partial charge in [-0.2, -0.15) is 0 Å². The molecule has 0 fully saturated rings. The maximum Gasteiger partial charge on any atom is 0.394 e. The van der Waals surface area contributed by atoms with Crippen LogP contribution in [-0.4, -0.2) is 6.16 Å². The molecule has 0 aliphatic heterocycles. The van der Waals surface area contributed by atoms with Crippen LogP contribution < -0.4 is 5.73 Å². The minimum Gasteiger partial charge on any atom is -0.341 e. The lowest BCUT2D eigenvalue weighted by molar-refractivity contribution is 0.231. The number of amides is 1. The summed E-state index contributed by atoms with van der Waals surface area (Å²) in [5.74, 6) is 0. The van der Waals surface area contributed by atoms with E-state index in [1.807, 2.05) is 0 Å². The van der Waals surface area contributed by atoms with E-state index in [9.17, 15) is 4.39 Å². The Labute approximate surface area is 34.6 Å². The first-order valence-electron chi connectivity index (χ1n) is 0.682. The summed E-state index contributed by atoms with van der Waals surface area (Å²) in [7, 11) is 0. The van der Waals surface area contributed by atoms with E-state index >= 15 is 0 Å². The third-order valence-corrected chi connectivity index (χ3v) is 0. The number of hydrogen-bond donors (Lipinski definition) is 1. The van der Waals surface area contributed by atoms with E-state index in [4.69, 9.17) is 4.79 Å². The van der Waals surface area contributed by atoms with Crippen LogP contribution in [0.15, 0.2) is 0 Å². The number of carbonyl (C=O) groups excluding carboxylic acids is 1. The van der Waals surface area contributed by atoms with Crippen molar-refractivity contribution in [3.8, 4) is 0 Å². The number of primary amides is 1. The first-order chi connectivity index (χ1) is 1.73. The van der Waals surface area contributed by atoms with Crippen LogP contribution in [0.4, 0.5) is 9.18 Å². The van der Waals surface area contributed by atoms with Crippen molar-refractivity contribution in [2.45, 2.75) is 0 Å². The molecule has 0 spiro atoms. The minimum absolute atomic E-state index is 0. The fraction of sp³-hybridized carbons (Fsp3) is 0. The predicted octanol–water partition coefficient (Wildman–Crippen LogP) is 0.456. The standard InChI is InChI=1S/CH2FNO.ClH/c2-1(3)4;/h(H2,3,4);1H. The molecule has 0 rings (SSSR count). The summed E-state index contributed by atoms with van der Waals surface area (Å²) in [5.41, 5.74) is 3.81. The lowest BCUT2D eigenvalue weighted by Gasteiger charge is -1.54. The van der Waals surface area contributed by atoms with Crippen LogP contribution in [0.1, 0.15) is 0 Å². The molecule has 0 unspecified atom stereocenters. The molecule has 1 amide bonds. The number of hydrogen-bond acceptors (Lipinski definition) is 1. The van der Waals surface area contributed by atoms with Crippen LogP contribution in [-0.2, 0) is 0 Å². The van der Waals surface area contributed by atoms with E-state index in [0.29, 0.717) is 0 Å². The number of carbonyl (C=O) groups is 1. The van der Waals surface area contributed by atoms with Crippen LogP contribution in [0, 0.1) is 0 Å². The molecule has 2 N–H and O–H groups in total. The van der Waals surface area contributed by atoms with Gasteiger partial charge in [-0.05, 0) is 0 Å². The molecule has 0 aliphatic rings. The second-order valence-electron chi connectivity index (χ2n) is 0.304. The van der Waals surface area contributed by atoms with Crippen LogP contribution >= 0.6 is 12.4 Å². The summed E-state index contributed by atoms with van der Waals surface area (Å²) < 4.78 is 10.1. The molecule has 0 atom stereocenters. The first-order valence-corrected chi connectivity index (χ1v) is 0.682. The molecule has 2 nitrogen and oxygen atoms in total. The molecule has 0 aromatic carbocycles. The van der Waals surface area contributed by atoms with Crippen LogP contribution in [0.3, 0.4) is 0 Å². The Hall–Kier alpha value is -0.310. The molecule has 0 aromatic rings. The van der Waals surface area contributed by atoms with E-state index in [1.165, 1.54) is 0 Å². The van der Waals surface area contributed by atoms with E-state index in [0.717, 1.165) is 0 Å². The zero-order valence-corrected chi connectivity index (χ0v) is 3.09. The number of rotatable bonds is 0. The summed E-state index contributed by atoms with van der Waals surface area (Å²) in [6.07, 6.45) is -1.83. The highest BCUT2D eigenvalue weighted by Gasteiger charge is 1.69. The largest absolute Gasteiger partial charge is 0.394 e. The molecule has 5 heavy (non-hydrogen) atoms. The van der Waals surface area contributed by atoms with Gasteiger partial charge in [-0.1, -0.05) is 0 Å². The Bertz CT molecular complexity index is 34.6. The lowest BCUT2D eigenvalue weighted by atomic mass is 11.4. The van der Waals surface area contributed by atoms with Gasteiger partial charge in [-0.25, -0.2) is 4.79 Å². The number of nitrogens with two attached hydrogens (primary N) is 1. The van der Waals surface area contributed by atoms with Gasteiger partial charge in [0, 0.05) is 0 Å². The highest BCUT2D eigenvalue weighted by Crippen LogP contribution is 1.52. The van der Waals surface area contributed by atoms with E-state index in [1.54, 1.807) is 0 Å². The quantitative estimate of drug-likeness (QED) is 0.348. The highest BCUT2D eigenvalue weighted by atomic mass is 35.5. The monoisotopic (exact) mass is 99.0 g/mol. The van der Waals surface area contributed by atoms with E-state index < -0.39 is 6.16 Å². The van der Waals surface area contributed by atoms with Gasteiger partial charge in [0.15, 0.2) is 0 Å². The Morgan fingerprint density at radius 3 is 1.80 bits per heavy atom. The lowest BCUT2D eigenvalue weighted by Crippen LogP contribution is -1.96. The van der Waals surface area contributed by atoms with Crippen molar-refractivity contribution in [1.29, 1.82) is 0 Å². The van der Waals surface area contributed by atoms with Crippen molar-refractivity contribution < 1.29 is 9.18 Å². The van der Waals surface area contributed by atoms with Gasteiger partial charge in [-0.3, -0.25) is 0 Å². The van der Waals surface area contributed by atoms with Crippen molar-refractivity contribution in [2.75, 3.05) is 0 Å².